The molecule has 0 N–H and O–H groups in total. The molecule has 5 heteroatoms. The highest BCUT2D eigenvalue weighted by molar-refractivity contribution is 8.40. The molecule has 1 aliphatic rings. The average molecular weight is 225 g/mol. The number of furan rings is 1. The maximum Gasteiger partial charge on any atom is 0.285 e. The molecule has 1 aromatic rings. The highest BCUT2D eigenvalue weighted by Crippen LogP contribution is 2.32. The number of amides is 1. The summed E-state index contributed by atoms with van der Waals surface area (Å²) in [5, 5.41) is 0. The standard InChI is InChI=1S/C9H7NO2S2/c1-13-9-10-8(11)7(14-9)5-6-3-2-4-12-6/h2-5H,1H3/b7-5+. The molecule has 2 heterocycles. The first-order valence-corrected chi connectivity index (χ1v) is 5.94. The van der Waals surface area contributed by atoms with Gasteiger partial charge in [0, 0.05) is 6.08 Å². The topological polar surface area (TPSA) is 42.6 Å². The Morgan fingerprint density at radius 2 is 2.50 bits per heavy atom. The normalized spacial score (nSPS) is 19.1. The number of carbonyl (C=O) groups is 1. The highest BCUT2D eigenvalue weighted by Gasteiger charge is 2.21. The number of rotatable bonds is 1. The molecule has 0 saturated heterocycles. The van der Waals surface area contributed by atoms with Crippen molar-refractivity contribution in [2.45, 2.75) is 0 Å². The number of hydrogen-bond acceptors (Lipinski definition) is 4. The van der Waals surface area contributed by atoms with Crippen molar-refractivity contribution in [3.8, 4) is 0 Å². The maximum absolute atomic E-state index is 11.3. The van der Waals surface area contributed by atoms with Gasteiger partial charge in [0.1, 0.15) is 10.1 Å². The largest absolute Gasteiger partial charge is 0.465 e. The van der Waals surface area contributed by atoms with Gasteiger partial charge in [0.15, 0.2) is 0 Å². The molecule has 0 saturated carbocycles. The first kappa shape index (κ1) is 9.61. The van der Waals surface area contributed by atoms with Crippen molar-refractivity contribution in [2.75, 3.05) is 6.26 Å². The molecule has 0 bridgehead atoms. The van der Waals surface area contributed by atoms with E-state index in [4.69, 9.17) is 4.42 Å². The van der Waals surface area contributed by atoms with Crippen LogP contribution < -0.4 is 0 Å². The van der Waals surface area contributed by atoms with E-state index in [1.165, 1.54) is 23.5 Å². The number of carbonyl (C=O) groups excluding carboxylic acids is 1. The number of nitrogens with zero attached hydrogens (tertiary/aromatic N) is 1. The monoisotopic (exact) mass is 225 g/mol. The van der Waals surface area contributed by atoms with Crippen molar-refractivity contribution < 1.29 is 9.21 Å². The number of aliphatic imine (C=N–C) groups is 1. The van der Waals surface area contributed by atoms with Crippen LogP contribution in [0.4, 0.5) is 0 Å². The lowest BCUT2D eigenvalue weighted by Gasteiger charge is -1.91. The van der Waals surface area contributed by atoms with E-state index >= 15 is 0 Å². The summed E-state index contributed by atoms with van der Waals surface area (Å²) in [5.41, 5.74) is 0. The van der Waals surface area contributed by atoms with Crippen LogP contribution in [0.25, 0.3) is 6.08 Å². The fraction of sp³-hybridized carbons (Fsp3) is 0.111. The number of hydrogen-bond donors (Lipinski definition) is 0. The van der Waals surface area contributed by atoms with Crippen molar-refractivity contribution >= 4 is 39.9 Å². The van der Waals surface area contributed by atoms with Gasteiger partial charge in [-0.25, -0.2) is 0 Å². The van der Waals surface area contributed by atoms with Crippen LogP contribution in [0.15, 0.2) is 32.7 Å². The predicted octanol–water partition coefficient (Wildman–Crippen LogP) is 2.61. The van der Waals surface area contributed by atoms with Crippen LogP contribution in [0.1, 0.15) is 5.76 Å². The summed E-state index contributed by atoms with van der Waals surface area (Å²) in [5.74, 6) is 0.495. The SMILES string of the molecule is CSC1=NC(=O)/C(=C\c2ccco2)S1. The summed E-state index contributed by atoms with van der Waals surface area (Å²) in [4.78, 5) is 15.8. The fourth-order valence-electron chi connectivity index (χ4n) is 0.980. The molecule has 0 radical (unpaired) electrons. The van der Waals surface area contributed by atoms with E-state index < -0.39 is 0 Å². The van der Waals surface area contributed by atoms with Crippen LogP contribution in [0, 0.1) is 0 Å². The lowest BCUT2D eigenvalue weighted by Crippen LogP contribution is -1.86. The zero-order valence-electron chi connectivity index (χ0n) is 7.39. The third-order valence-electron chi connectivity index (χ3n) is 1.59. The Labute approximate surface area is 89.7 Å². The Hall–Kier alpha value is -0.940. The molecule has 1 aliphatic heterocycles. The molecule has 1 amide bonds. The lowest BCUT2D eigenvalue weighted by atomic mass is 10.4. The summed E-state index contributed by atoms with van der Waals surface area (Å²) in [7, 11) is 0. The van der Waals surface area contributed by atoms with E-state index in [2.05, 4.69) is 4.99 Å². The van der Waals surface area contributed by atoms with Crippen LogP contribution in [0.3, 0.4) is 0 Å². The molecule has 0 unspecified atom stereocenters. The Kier molecular flexibility index (Phi) is 2.79. The van der Waals surface area contributed by atoms with Crippen molar-refractivity contribution in [3.63, 3.8) is 0 Å². The molecule has 2 rings (SSSR count). The summed E-state index contributed by atoms with van der Waals surface area (Å²) in [6.07, 6.45) is 5.18. The van der Waals surface area contributed by atoms with Gasteiger partial charge < -0.3 is 4.42 Å². The van der Waals surface area contributed by atoms with Crippen molar-refractivity contribution in [1.29, 1.82) is 0 Å². The first-order chi connectivity index (χ1) is 6.79. The Balaban J connectivity index is 2.20. The Morgan fingerprint density at radius 3 is 3.07 bits per heavy atom. The van der Waals surface area contributed by atoms with Gasteiger partial charge in [-0.3, -0.25) is 4.79 Å². The van der Waals surface area contributed by atoms with E-state index in [9.17, 15) is 4.79 Å². The second kappa shape index (κ2) is 4.06. The third-order valence-corrected chi connectivity index (χ3v) is 3.56. The molecule has 14 heavy (non-hydrogen) atoms. The van der Waals surface area contributed by atoms with Gasteiger partial charge in [-0.2, -0.15) is 4.99 Å². The van der Waals surface area contributed by atoms with Crippen molar-refractivity contribution in [3.05, 3.63) is 29.1 Å². The molecule has 72 valence electrons. The summed E-state index contributed by atoms with van der Waals surface area (Å²) < 4.78 is 5.90. The summed E-state index contributed by atoms with van der Waals surface area (Å²) in [6, 6.07) is 3.59. The molecule has 3 nitrogen and oxygen atoms in total. The zero-order chi connectivity index (χ0) is 9.97. The number of thioether (sulfide) groups is 2. The first-order valence-electron chi connectivity index (χ1n) is 3.89. The van der Waals surface area contributed by atoms with E-state index in [-0.39, 0.29) is 5.91 Å². The zero-order valence-corrected chi connectivity index (χ0v) is 9.02. The van der Waals surface area contributed by atoms with Gasteiger partial charge in [0.25, 0.3) is 5.91 Å². The van der Waals surface area contributed by atoms with Gasteiger partial charge in [0.2, 0.25) is 0 Å². The van der Waals surface area contributed by atoms with Crippen LogP contribution >= 0.6 is 23.5 Å². The smallest absolute Gasteiger partial charge is 0.285 e. The van der Waals surface area contributed by atoms with Gasteiger partial charge >= 0.3 is 0 Å². The third kappa shape index (κ3) is 1.93. The van der Waals surface area contributed by atoms with Gasteiger partial charge in [-0.15, -0.1) is 11.8 Å². The minimum atomic E-state index is -0.184. The van der Waals surface area contributed by atoms with Gasteiger partial charge in [-0.05, 0) is 18.4 Å². The second-order valence-corrected chi connectivity index (χ2v) is 4.60. The quantitative estimate of drug-likeness (QED) is 0.689. The van der Waals surface area contributed by atoms with E-state index in [1.54, 1.807) is 24.5 Å². The minimum absolute atomic E-state index is 0.184. The van der Waals surface area contributed by atoms with Crippen molar-refractivity contribution in [2.24, 2.45) is 4.99 Å². The van der Waals surface area contributed by atoms with E-state index in [1.807, 2.05) is 6.26 Å². The average Bonchev–Trinajstić information content (AvgIpc) is 2.78. The van der Waals surface area contributed by atoms with E-state index in [0.717, 1.165) is 4.38 Å². The van der Waals surface area contributed by atoms with Gasteiger partial charge in [-0.1, -0.05) is 11.8 Å². The van der Waals surface area contributed by atoms with Crippen LogP contribution in [-0.4, -0.2) is 16.5 Å². The summed E-state index contributed by atoms with van der Waals surface area (Å²) >= 11 is 2.85. The second-order valence-electron chi connectivity index (χ2n) is 2.51. The molecule has 1 aromatic heterocycles. The van der Waals surface area contributed by atoms with Crippen molar-refractivity contribution in [1.82, 2.24) is 0 Å². The molecule has 0 spiro atoms. The fourth-order valence-corrected chi connectivity index (χ4v) is 2.38. The van der Waals surface area contributed by atoms with Gasteiger partial charge in [0.05, 0.1) is 11.2 Å². The lowest BCUT2D eigenvalue weighted by molar-refractivity contribution is -0.113. The molecule has 0 aliphatic carbocycles. The van der Waals surface area contributed by atoms with Crippen LogP contribution in [0.5, 0.6) is 0 Å². The predicted molar refractivity (Wildman–Crippen MR) is 60.2 cm³/mol. The Bertz CT molecular complexity index is 406. The van der Waals surface area contributed by atoms with E-state index in [0.29, 0.717) is 10.7 Å². The Morgan fingerprint density at radius 1 is 1.64 bits per heavy atom. The molecule has 0 atom stereocenters. The highest BCUT2D eigenvalue weighted by atomic mass is 32.2. The van der Waals surface area contributed by atoms with Crippen LogP contribution in [-0.2, 0) is 4.79 Å². The molecular formula is C9H7NO2S2. The molecular weight excluding hydrogens is 218 g/mol. The maximum atomic E-state index is 11.3. The molecule has 0 aromatic carbocycles. The minimum Gasteiger partial charge on any atom is -0.465 e. The summed E-state index contributed by atoms with van der Waals surface area (Å²) in [6.45, 7) is 0. The molecule has 0 fully saturated rings. The van der Waals surface area contributed by atoms with Crippen LogP contribution in [0.2, 0.25) is 0 Å².